The van der Waals surface area contributed by atoms with Crippen molar-refractivity contribution < 1.29 is 14.3 Å². The number of carbonyl (C=O) groups excluding carboxylic acids is 2. The Morgan fingerprint density at radius 3 is 3.00 bits per heavy atom. The summed E-state index contributed by atoms with van der Waals surface area (Å²) in [5.74, 6) is 0.146. The normalized spacial score (nSPS) is 26.6. The van der Waals surface area contributed by atoms with Crippen molar-refractivity contribution in [1.82, 2.24) is 10.2 Å². The van der Waals surface area contributed by atoms with Gasteiger partial charge in [0.2, 0.25) is 0 Å². The number of ether oxygens (including phenoxy) is 1. The second kappa shape index (κ2) is 7.56. The maximum Gasteiger partial charge on any atom is 0.339 e. The van der Waals surface area contributed by atoms with E-state index in [4.69, 9.17) is 4.74 Å². The first-order valence-corrected chi connectivity index (χ1v) is 9.30. The predicted octanol–water partition coefficient (Wildman–Crippen LogP) is 2.40. The van der Waals surface area contributed by atoms with Crippen molar-refractivity contribution in [2.24, 2.45) is 5.92 Å². The number of piperidine rings is 1. The topological polar surface area (TPSA) is 58.6 Å². The van der Waals surface area contributed by atoms with E-state index < -0.39 is 11.6 Å². The van der Waals surface area contributed by atoms with E-state index in [2.05, 4.69) is 17.1 Å². The highest BCUT2D eigenvalue weighted by Gasteiger charge is 2.42. The zero-order valence-electron chi connectivity index (χ0n) is 15.2. The quantitative estimate of drug-likeness (QED) is 0.658. The molecule has 2 aliphatic heterocycles. The SMILES string of the molecule is CC1CCCN(CCCNC(=O)C2(C)Cc3ccccc3C(=O)O2)C1. The Labute approximate surface area is 149 Å². The first kappa shape index (κ1) is 17.9. The minimum atomic E-state index is -1.12. The van der Waals surface area contributed by atoms with Gasteiger partial charge in [0.1, 0.15) is 0 Å². The number of esters is 1. The smallest absolute Gasteiger partial charge is 0.339 e. The molecule has 3 rings (SSSR count). The van der Waals surface area contributed by atoms with Gasteiger partial charge in [-0.2, -0.15) is 0 Å². The van der Waals surface area contributed by atoms with E-state index in [0.29, 0.717) is 18.5 Å². The number of hydrogen-bond donors (Lipinski definition) is 1. The molecule has 5 heteroatoms. The summed E-state index contributed by atoms with van der Waals surface area (Å²) in [5.41, 5.74) is 0.316. The fourth-order valence-electron chi connectivity index (χ4n) is 3.84. The van der Waals surface area contributed by atoms with Crippen LogP contribution < -0.4 is 5.32 Å². The van der Waals surface area contributed by atoms with Crippen molar-refractivity contribution in [3.05, 3.63) is 35.4 Å². The number of fused-ring (bicyclic) bond motifs is 1. The average molecular weight is 344 g/mol. The Balaban J connectivity index is 1.49. The lowest BCUT2D eigenvalue weighted by Gasteiger charge is -2.33. The fraction of sp³-hybridized carbons (Fsp3) is 0.600. The largest absolute Gasteiger partial charge is 0.445 e. The summed E-state index contributed by atoms with van der Waals surface area (Å²) in [7, 11) is 0. The molecule has 0 radical (unpaired) electrons. The summed E-state index contributed by atoms with van der Waals surface area (Å²) in [5, 5.41) is 2.95. The number of carbonyl (C=O) groups is 2. The van der Waals surface area contributed by atoms with Gasteiger partial charge in [-0.3, -0.25) is 4.79 Å². The summed E-state index contributed by atoms with van der Waals surface area (Å²) in [6.07, 6.45) is 3.92. The minimum absolute atomic E-state index is 0.206. The van der Waals surface area contributed by atoms with Crippen LogP contribution in [0, 0.1) is 5.92 Å². The molecule has 0 aliphatic carbocycles. The standard InChI is InChI=1S/C20H28N2O3/c1-15-7-5-11-22(14-15)12-6-10-21-19(24)20(2)13-16-8-3-4-9-17(16)18(23)25-20/h3-4,8-9,15H,5-7,10-14H2,1-2H3,(H,21,24). The van der Waals surface area contributed by atoms with Crippen LogP contribution in [0.4, 0.5) is 0 Å². The van der Waals surface area contributed by atoms with Crippen LogP contribution in [0.1, 0.15) is 49.0 Å². The molecule has 1 aromatic carbocycles. The van der Waals surface area contributed by atoms with Gasteiger partial charge >= 0.3 is 5.97 Å². The Morgan fingerprint density at radius 1 is 1.40 bits per heavy atom. The van der Waals surface area contributed by atoms with Gasteiger partial charge in [0, 0.05) is 19.5 Å². The van der Waals surface area contributed by atoms with Crippen LogP contribution in [-0.4, -0.2) is 48.6 Å². The summed E-state index contributed by atoms with van der Waals surface area (Å²) in [4.78, 5) is 27.2. The summed E-state index contributed by atoms with van der Waals surface area (Å²) < 4.78 is 5.46. The van der Waals surface area contributed by atoms with E-state index in [1.54, 1.807) is 13.0 Å². The van der Waals surface area contributed by atoms with Gasteiger partial charge in [-0.1, -0.05) is 25.1 Å². The molecule has 1 amide bonds. The third kappa shape index (κ3) is 4.21. The van der Waals surface area contributed by atoms with Gasteiger partial charge < -0.3 is 15.0 Å². The van der Waals surface area contributed by atoms with Crippen molar-refractivity contribution in [2.45, 2.75) is 45.1 Å². The van der Waals surface area contributed by atoms with E-state index in [-0.39, 0.29) is 5.91 Å². The van der Waals surface area contributed by atoms with Crippen molar-refractivity contribution in [1.29, 1.82) is 0 Å². The number of nitrogens with zero attached hydrogens (tertiary/aromatic N) is 1. The summed E-state index contributed by atoms with van der Waals surface area (Å²) in [6.45, 7) is 7.92. The van der Waals surface area contributed by atoms with E-state index in [9.17, 15) is 9.59 Å². The fourth-order valence-corrected chi connectivity index (χ4v) is 3.84. The van der Waals surface area contributed by atoms with Crippen molar-refractivity contribution in [2.75, 3.05) is 26.2 Å². The van der Waals surface area contributed by atoms with Gasteiger partial charge in [-0.15, -0.1) is 0 Å². The number of rotatable bonds is 5. The molecule has 2 atom stereocenters. The van der Waals surface area contributed by atoms with Gasteiger partial charge in [-0.25, -0.2) is 4.79 Å². The number of nitrogens with one attached hydrogen (secondary N) is 1. The van der Waals surface area contributed by atoms with Crippen LogP contribution >= 0.6 is 0 Å². The number of cyclic esters (lactones) is 1. The molecule has 136 valence electrons. The lowest BCUT2D eigenvalue weighted by atomic mass is 9.89. The summed E-state index contributed by atoms with van der Waals surface area (Å²) in [6, 6.07) is 7.33. The highest BCUT2D eigenvalue weighted by Crippen LogP contribution is 2.28. The molecule has 0 saturated carbocycles. The van der Waals surface area contributed by atoms with Crippen LogP contribution in [0.25, 0.3) is 0 Å². The van der Waals surface area contributed by atoms with Crippen molar-refractivity contribution >= 4 is 11.9 Å². The summed E-state index contributed by atoms with van der Waals surface area (Å²) >= 11 is 0. The Morgan fingerprint density at radius 2 is 2.20 bits per heavy atom. The maximum atomic E-state index is 12.6. The molecule has 1 saturated heterocycles. The zero-order valence-corrected chi connectivity index (χ0v) is 15.2. The van der Waals surface area contributed by atoms with Crippen LogP contribution in [0.15, 0.2) is 24.3 Å². The predicted molar refractivity (Wildman–Crippen MR) is 96.4 cm³/mol. The highest BCUT2D eigenvalue weighted by atomic mass is 16.6. The molecule has 25 heavy (non-hydrogen) atoms. The molecule has 0 bridgehead atoms. The minimum Gasteiger partial charge on any atom is -0.445 e. The van der Waals surface area contributed by atoms with Crippen LogP contribution in [0.3, 0.4) is 0 Å². The Hall–Kier alpha value is -1.88. The molecular weight excluding hydrogens is 316 g/mol. The molecule has 0 aromatic heterocycles. The molecule has 2 heterocycles. The first-order chi connectivity index (χ1) is 12.0. The number of likely N-dealkylation sites (tertiary alicyclic amines) is 1. The van der Waals surface area contributed by atoms with Crippen LogP contribution in [-0.2, 0) is 16.0 Å². The zero-order chi connectivity index (χ0) is 17.9. The highest BCUT2D eigenvalue weighted by molar-refractivity contribution is 5.97. The van der Waals surface area contributed by atoms with Gasteiger partial charge in [0.05, 0.1) is 5.56 Å². The van der Waals surface area contributed by atoms with Crippen molar-refractivity contribution in [3.63, 3.8) is 0 Å². The second-order valence-electron chi connectivity index (χ2n) is 7.61. The lowest BCUT2D eigenvalue weighted by Crippen LogP contribution is -2.52. The molecular formula is C20H28N2O3. The average Bonchev–Trinajstić information content (AvgIpc) is 2.58. The van der Waals surface area contributed by atoms with Crippen molar-refractivity contribution in [3.8, 4) is 0 Å². The van der Waals surface area contributed by atoms with Gasteiger partial charge in [-0.05, 0) is 56.8 Å². The number of hydrogen-bond acceptors (Lipinski definition) is 4. The molecule has 1 aromatic rings. The Kier molecular flexibility index (Phi) is 5.42. The number of benzene rings is 1. The maximum absolute atomic E-state index is 12.6. The van der Waals surface area contributed by atoms with Gasteiger partial charge in [0.25, 0.3) is 5.91 Å². The van der Waals surface area contributed by atoms with E-state index in [0.717, 1.165) is 37.5 Å². The third-order valence-corrected chi connectivity index (χ3v) is 5.24. The van der Waals surface area contributed by atoms with Crippen LogP contribution in [0.5, 0.6) is 0 Å². The first-order valence-electron chi connectivity index (χ1n) is 9.30. The molecule has 1 N–H and O–H groups in total. The van der Waals surface area contributed by atoms with E-state index >= 15 is 0 Å². The van der Waals surface area contributed by atoms with E-state index in [1.807, 2.05) is 18.2 Å². The molecule has 5 nitrogen and oxygen atoms in total. The van der Waals surface area contributed by atoms with E-state index in [1.165, 1.54) is 12.8 Å². The molecule has 2 aliphatic rings. The monoisotopic (exact) mass is 344 g/mol. The van der Waals surface area contributed by atoms with Gasteiger partial charge in [0.15, 0.2) is 5.60 Å². The lowest BCUT2D eigenvalue weighted by molar-refractivity contribution is -0.139. The molecule has 0 spiro atoms. The third-order valence-electron chi connectivity index (χ3n) is 5.24. The number of amides is 1. The molecule has 1 fully saturated rings. The second-order valence-corrected chi connectivity index (χ2v) is 7.61. The molecule has 2 unspecified atom stereocenters. The Bertz CT molecular complexity index is 646. The van der Waals surface area contributed by atoms with Crippen LogP contribution in [0.2, 0.25) is 0 Å².